The van der Waals surface area contributed by atoms with Crippen LogP contribution in [0, 0.1) is 0 Å². The number of rotatable bonds is 3. The van der Waals surface area contributed by atoms with E-state index in [4.69, 9.17) is 5.73 Å². The molecule has 5 nitrogen and oxygen atoms in total. The molecule has 0 bridgehead atoms. The van der Waals surface area contributed by atoms with Crippen molar-refractivity contribution in [3.8, 4) is 0 Å². The summed E-state index contributed by atoms with van der Waals surface area (Å²) in [4.78, 5) is 6.25. The number of H-pyrrole nitrogens is 1. The van der Waals surface area contributed by atoms with Crippen molar-refractivity contribution in [2.75, 3.05) is 17.2 Å². The van der Waals surface area contributed by atoms with Gasteiger partial charge in [0, 0.05) is 12.6 Å². The van der Waals surface area contributed by atoms with Gasteiger partial charge in [-0.15, -0.1) is 5.10 Å². The molecule has 66 valence electrons. The van der Waals surface area contributed by atoms with E-state index in [9.17, 15) is 0 Å². The van der Waals surface area contributed by atoms with Crippen molar-refractivity contribution in [3.63, 3.8) is 0 Å². The fourth-order valence-electron chi connectivity index (χ4n) is 1.34. The third kappa shape index (κ3) is 1.22. The van der Waals surface area contributed by atoms with Crippen molar-refractivity contribution >= 4 is 11.9 Å². The summed E-state index contributed by atoms with van der Waals surface area (Å²) < 4.78 is 0. The number of nitrogens with two attached hydrogens (primary N) is 1. The van der Waals surface area contributed by atoms with Gasteiger partial charge in [-0.1, -0.05) is 0 Å². The van der Waals surface area contributed by atoms with Crippen LogP contribution in [0.15, 0.2) is 0 Å². The van der Waals surface area contributed by atoms with Gasteiger partial charge in [0.1, 0.15) is 0 Å². The fraction of sp³-hybridized carbons (Fsp3) is 0.714. The molecule has 2 rings (SSSR count). The molecule has 5 heteroatoms. The molecule has 0 aliphatic heterocycles. The summed E-state index contributed by atoms with van der Waals surface area (Å²) in [6, 6.07) is 0.644. The Kier molecular flexibility index (Phi) is 1.64. The summed E-state index contributed by atoms with van der Waals surface area (Å²) in [5.74, 6) is 1.13. The zero-order chi connectivity index (χ0) is 8.55. The summed E-state index contributed by atoms with van der Waals surface area (Å²) in [6.07, 6.45) is 2.50. The van der Waals surface area contributed by atoms with Gasteiger partial charge in [0.2, 0.25) is 11.9 Å². The highest BCUT2D eigenvalue weighted by molar-refractivity contribution is 5.36. The summed E-state index contributed by atoms with van der Waals surface area (Å²) in [5.41, 5.74) is 5.44. The van der Waals surface area contributed by atoms with E-state index >= 15 is 0 Å². The summed E-state index contributed by atoms with van der Waals surface area (Å²) >= 11 is 0. The molecular formula is C7H13N5. The van der Waals surface area contributed by atoms with Gasteiger partial charge in [0.05, 0.1) is 0 Å². The molecule has 1 aromatic heterocycles. The van der Waals surface area contributed by atoms with Crippen LogP contribution >= 0.6 is 0 Å². The molecule has 0 amide bonds. The number of hydrogen-bond donors (Lipinski definition) is 2. The average Bonchev–Trinajstić information content (AvgIpc) is 2.78. The van der Waals surface area contributed by atoms with Crippen LogP contribution in [0.2, 0.25) is 0 Å². The van der Waals surface area contributed by atoms with Gasteiger partial charge in [-0.3, -0.25) is 0 Å². The molecule has 1 aromatic rings. The van der Waals surface area contributed by atoms with Crippen LogP contribution in [0.4, 0.5) is 11.9 Å². The number of nitrogens with one attached hydrogen (secondary N) is 1. The van der Waals surface area contributed by atoms with Crippen LogP contribution < -0.4 is 10.6 Å². The van der Waals surface area contributed by atoms with Crippen molar-refractivity contribution in [2.24, 2.45) is 0 Å². The zero-order valence-electron chi connectivity index (χ0n) is 7.12. The molecule has 0 aromatic carbocycles. The first-order valence-corrected chi connectivity index (χ1v) is 4.25. The highest BCUT2D eigenvalue weighted by atomic mass is 15.4. The maximum absolute atomic E-state index is 5.44. The average molecular weight is 167 g/mol. The number of hydrogen-bond acceptors (Lipinski definition) is 4. The number of aromatic nitrogens is 3. The molecule has 1 saturated carbocycles. The molecule has 1 fully saturated rings. The third-order valence-corrected chi connectivity index (χ3v) is 2.08. The topological polar surface area (TPSA) is 70.8 Å². The van der Waals surface area contributed by atoms with Crippen molar-refractivity contribution in [1.82, 2.24) is 15.2 Å². The maximum atomic E-state index is 5.44. The van der Waals surface area contributed by atoms with E-state index in [-0.39, 0.29) is 0 Å². The van der Waals surface area contributed by atoms with Crippen LogP contribution in [0.1, 0.15) is 19.8 Å². The van der Waals surface area contributed by atoms with Crippen LogP contribution in [0.25, 0.3) is 0 Å². The smallest absolute Gasteiger partial charge is 0.246 e. The monoisotopic (exact) mass is 167 g/mol. The van der Waals surface area contributed by atoms with E-state index in [1.807, 2.05) is 0 Å². The molecule has 0 saturated heterocycles. The van der Waals surface area contributed by atoms with Gasteiger partial charge in [0.15, 0.2) is 0 Å². The Bertz CT molecular complexity index is 265. The van der Waals surface area contributed by atoms with Gasteiger partial charge >= 0.3 is 0 Å². The molecule has 3 N–H and O–H groups in total. The predicted octanol–water partition coefficient (Wildman–Crippen LogP) is 0.376. The van der Waals surface area contributed by atoms with Crippen LogP contribution in [0.3, 0.4) is 0 Å². The highest BCUT2D eigenvalue weighted by Crippen LogP contribution is 2.29. The lowest BCUT2D eigenvalue weighted by Crippen LogP contribution is -2.26. The molecule has 1 heterocycles. The lowest BCUT2D eigenvalue weighted by molar-refractivity contribution is 0.790. The Morgan fingerprint density at radius 3 is 2.83 bits per heavy atom. The third-order valence-electron chi connectivity index (χ3n) is 2.08. The van der Waals surface area contributed by atoms with Gasteiger partial charge in [-0.2, -0.15) is 4.98 Å². The number of nitrogen functional groups attached to an aromatic ring is 1. The summed E-state index contributed by atoms with van der Waals surface area (Å²) in [5, 5.41) is 6.65. The highest BCUT2D eigenvalue weighted by Gasteiger charge is 2.30. The molecule has 0 unspecified atom stereocenters. The van der Waals surface area contributed by atoms with E-state index in [2.05, 4.69) is 27.0 Å². The largest absolute Gasteiger partial charge is 0.368 e. The first-order chi connectivity index (χ1) is 5.81. The zero-order valence-corrected chi connectivity index (χ0v) is 7.12. The Morgan fingerprint density at radius 2 is 2.42 bits per heavy atom. The lowest BCUT2D eigenvalue weighted by atomic mass is 10.5. The van der Waals surface area contributed by atoms with Crippen molar-refractivity contribution in [1.29, 1.82) is 0 Å². The Labute approximate surface area is 71.0 Å². The van der Waals surface area contributed by atoms with Crippen molar-refractivity contribution < 1.29 is 0 Å². The second-order valence-corrected chi connectivity index (χ2v) is 3.04. The minimum absolute atomic E-state index is 0.393. The van der Waals surface area contributed by atoms with Crippen LogP contribution in [-0.4, -0.2) is 27.8 Å². The van der Waals surface area contributed by atoms with E-state index in [0.717, 1.165) is 12.5 Å². The Balaban J connectivity index is 2.15. The van der Waals surface area contributed by atoms with E-state index in [1.54, 1.807) is 0 Å². The second-order valence-electron chi connectivity index (χ2n) is 3.04. The Hall–Kier alpha value is -1.26. The molecular weight excluding hydrogens is 154 g/mol. The SMILES string of the molecule is CCN(c1n[nH]c(N)n1)C1CC1. The van der Waals surface area contributed by atoms with Gasteiger partial charge in [0.25, 0.3) is 0 Å². The Morgan fingerprint density at radius 1 is 1.67 bits per heavy atom. The second kappa shape index (κ2) is 2.66. The van der Waals surface area contributed by atoms with Crippen LogP contribution in [-0.2, 0) is 0 Å². The predicted molar refractivity (Wildman–Crippen MR) is 46.8 cm³/mol. The lowest BCUT2D eigenvalue weighted by Gasteiger charge is -2.16. The van der Waals surface area contributed by atoms with E-state index in [1.165, 1.54) is 12.8 Å². The fourth-order valence-corrected chi connectivity index (χ4v) is 1.34. The van der Waals surface area contributed by atoms with E-state index in [0.29, 0.717) is 12.0 Å². The minimum atomic E-state index is 0.393. The number of anilines is 2. The summed E-state index contributed by atoms with van der Waals surface area (Å²) in [6.45, 7) is 3.05. The number of nitrogens with zero attached hydrogens (tertiary/aromatic N) is 3. The first-order valence-electron chi connectivity index (χ1n) is 4.25. The normalized spacial score (nSPS) is 16.4. The van der Waals surface area contributed by atoms with E-state index < -0.39 is 0 Å². The minimum Gasteiger partial charge on any atom is -0.368 e. The molecule has 12 heavy (non-hydrogen) atoms. The van der Waals surface area contributed by atoms with Crippen molar-refractivity contribution in [3.05, 3.63) is 0 Å². The quantitative estimate of drug-likeness (QED) is 0.682. The summed E-state index contributed by atoms with van der Waals surface area (Å²) in [7, 11) is 0. The first kappa shape index (κ1) is 7.39. The molecule has 0 atom stereocenters. The van der Waals surface area contributed by atoms with Gasteiger partial charge < -0.3 is 10.6 Å². The maximum Gasteiger partial charge on any atom is 0.246 e. The molecule has 0 spiro atoms. The molecule has 0 radical (unpaired) electrons. The van der Waals surface area contributed by atoms with Crippen molar-refractivity contribution in [2.45, 2.75) is 25.8 Å². The van der Waals surface area contributed by atoms with Gasteiger partial charge in [-0.25, -0.2) is 5.10 Å². The van der Waals surface area contributed by atoms with Crippen LogP contribution in [0.5, 0.6) is 0 Å². The number of aromatic amines is 1. The standard InChI is InChI=1S/C7H13N5/c1-2-12(5-3-4-5)7-9-6(8)10-11-7/h5H,2-4H2,1H3,(H3,8,9,10,11). The van der Waals surface area contributed by atoms with Gasteiger partial charge in [-0.05, 0) is 19.8 Å². The molecule has 1 aliphatic rings. The molecule has 1 aliphatic carbocycles.